The Morgan fingerprint density at radius 2 is 1.44 bits per heavy atom. The first-order chi connectivity index (χ1) is 16.0. The maximum Gasteiger partial charge on any atom is 0.407 e. The SMILES string of the molecule is CCCCNC(=O)O[C@@H]1CN[C@H](C(c2ccc(C(C)(C)C)cc2)c2ccc(C(C)(C)C)cc2)C1. The van der Waals surface area contributed by atoms with Gasteiger partial charge in [0.15, 0.2) is 0 Å². The number of carbonyl (C=O) groups is 1. The molecule has 1 amide bonds. The second-order valence-electron chi connectivity index (χ2n) is 11.8. The normalized spacial score (nSPS) is 18.8. The molecule has 1 aliphatic rings. The molecule has 2 atom stereocenters. The minimum atomic E-state index is -0.304. The number of alkyl carbamates (subject to hydrolysis) is 1. The smallest absolute Gasteiger partial charge is 0.407 e. The standard InChI is InChI=1S/C30H44N2O2/c1-8-9-18-31-28(33)34-25-19-26(32-20-25)27(21-10-14-23(15-11-21)29(2,3)4)22-12-16-24(17-13-22)30(5,6)7/h10-17,25-27,32H,8-9,18-20H2,1-7H3,(H,31,33)/t25-,26-/m0/s1. The number of benzene rings is 2. The van der Waals surface area contributed by atoms with E-state index in [9.17, 15) is 4.79 Å². The molecule has 0 radical (unpaired) electrons. The van der Waals surface area contributed by atoms with Gasteiger partial charge in [-0.3, -0.25) is 0 Å². The van der Waals surface area contributed by atoms with Crippen molar-refractivity contribution >= 4 is 6.09 Å². The Morgan fingerprint density at radius 3 is 1.88 bits per heavy atom. The minimum absolute atomic E-state index is 0.114. The summed E-state index contributed by atoms with van der Waals surface area (Å²) < 4.78 is 5.73. The van der Waals surface area contributed by atoms with Crippen LogP contribution in [0.3, 0.4) is 0 Å². The van der Waals surface area contributed by atoms with Crippen LogP contribution in [0.1, 0.15) is 95.9 Å². The van der Waals surface area contributed by atoms with Gasteiger partial charge in [0.25, 0.3) is 0 Å². The maximum atomic E-state index is 12.2. The first kappa shape index (κ1) is 26.3. The molecule has 2 aromatic carbocycles. The van der Waals surface area contributed by atoms with Crippen molar-refractivity contribution in [1.82, 2.24) is 10.6 Å². The number of amides is 1. The molecule has 1 heterocycles. The van der Waals surface area contributed by atoms with Gasteiger partial charge in [0, 0.05) is 31.5 Å². The van der Waals surface area contributed by atoms with Gasteiger partial charge in [-0.2, -0.15) is 0 Å². The summed E-state index contributed by atoms with van der Waals surface area (Å²) in [6.07, 6.45) is 2.40. The largest absolute Gasteiger partial charge is 0.445 e. The van der Waals surface area contributed by atoms with Crippen LogP contribution >= 0.6 is 0 Å². The number of nitrogens with one attached hydrogen (secondary N) is 2. The van der Waals surface area contributed by atoms with Crippen LogP contribution in [0.25, 0.3) is 0 Å². The predicted octanol–water partition coefficient (Wildman–Crippen LogP) is 6.67. The van der Waals surface area contributed by atoms with E-state index in [0.717, 1.165) is 19.3 Å². The van der Waals surface area contributed by atoms with Gasteiger partial charge < -0.3 is 15.4 Å². The summed E-state index contributed by atoms with van der Waals surface area (Å²) >= 11 is 0. The van der Waals surface area contributed by atoms with Gasteiger partial charge >= 0.3 is 6.09 Å². The lowest BCUT2D eigenvalue weighted by Crippen LogP contribution is -2.30. The number of ether oxygens (including phenoxy) is 1. The Balaban J connectivity index is 1.82. The van der Waals surface area contributed by atoms with E-state index in [1.54, 1.807) is 0 Å². The Hall–Kier alpha value is -2.33. The van der Waals surface area contributed by atoms with Crippen molar-refractivity contribution in [2.45, 2.75) is 96.6 Å². The van der Waals surface area contributed by atoms with Gasteiger partial charge in [-0.05, 0) is 39.5 Å². The lowest BCUT2D eigenvalue weighted by molar-refractivity contribution is 0.106. The van der Waals surface area contributed by atoms with Crippen LogP contribution in [0.15, 0.2) is 48.5 Å². The van der Waals surface area contributed by atoms with Crippen molar-refractivity contribution in [3.63, 3.8) is 0 Å². The first-order valence-electron chi connectivity index (χ1n) is 12.9. The third-order valence-electron chi connectivity index (χ3n) is 6.87. The van der Waals surface area contributed by atoms with Crippen LogP contribution in [0.4, 0.5) is 4.79 Å². The molecular weight excluding hydrogens is 420 g/mol. The lowest BCUT2D eigenvalue weighted by atomic mass is 9.80. The third kappa shape index (κ3) is 6.85. The molecule has 0 aromatic heterocycles. The van der Waals surface area contributed by atoms with E-state index in [2.05, 4.69) is 108 Å². The summed E-state index contributed by atoms with van der Waals surface area (Å²) in [5.41, 5.74) is 5.50. The molecule has 0 saturated carbocycles. The summed E-state index contributed by atoms with van der Waals surface area (Å²) in [5, 5.41) is 6.53. The Bertz CT molecular complexity index is 863. The van der Waals surface area contributed by atoms with Crippen LogP contribution in [0.5, 0.6) is 0 Å². The number of hydrogen-bond donors (Lipinski definition) is 2. The van der Waals surface area contributed by atoms with E-state index in [-0.39, 0.29) is 35.0 Å². The summed E-state index contributed by atoms with van der Waals surface area (Å²) in [6, 6.07) is 18.3. The summed E-state index contributed by atoms with van der Waals surface area (Å²) in [7, 11) is 0. The Labute approximate surface area is 206 Å². The maximum absolute atomic E-state index is 12.2. The van der Waals surface area contributed by atoms with Crippen molar-refractivity contribution in [2.75, 3.05) is 13.1 Å². The molecule has 0 spiro atoms. The van der Waals surface area contributed by atoms with Crippen molar-refractivity contribution in [3.8, 4) is 0 Å². The predicted molar refractivity (Wildman–Crippen MR) is 142 cm³/mol. The molecule has 2 N–H and O–H groups in total. The highest BCUT2D eigenvalue weighted by Crippen LogP contribution is 2.35. The lowest BCUT2D eigenvalue weighted by Gasteiger charge is -2.27. The van der Waals surface area contributed by atoms with Gasteiger partial charge in [0.1, 0.15) is 6.10 Å². The fourth-order valence-electron chi connectivity index (χ4n) is 4.67. The monoisotopic (exact) mass is 464 g/mol. The van der Waals surface area contributed by atoms with Gasteiger partial charge in [-0.25, -0.2) is 4.79 Å². The van der Waals surface area contributed by atoms with Crippen LogP contribution < -0.4 is 10.6 Å². The van der Waals surface area contributed by atoms with Crippen molar-refractivity contribution < 1.29 is 9.53 Å². The summed E-state index contributed by atoms with van der Waals surface area (Å²) in [4.78, 5) is 12.2. The quantitative estimate of drug-likeness (QED) is 0.450. The third-order valence-corrected chi connectivity index (χ3v) is 6.87. The highest BCUT2D eigenvalue weighted by molar-refractivity contribution is 5.67. The molecule has 34 heavy (non-hydrogen) atoms. The van der Waals surface area contributed by atoms with Crippen molar-refractivity contribution in [2.24, 2.45) is 0 Å². The molecule has 4 nitrogen and oxygen atoms in total. The summed E-state index contributed by atoms with van der Waals surface area (Å²) in [5.74, 6) is 0.194. The van der Waals surface area contributed by atoms with E-state index >= 15 is 0 Å². The van der Waals surface area contributed by atoms with Crippen molar-refractivity contribution in [1.29, 1.82) is 0 Å². The van der Waals surface area contributed by atoms with E-state index in [1.807, 2.05) is 0 Å². The van der Waals surface area contributed by atoms with Gasteiger partial charge in [0.05, 0.1) is 0 Å². The number of hydrogen-bond acceptors (Lipinski definition) is 3. The van der Waals surface area contributed by atoms with Crippen molar-refractivity contribution in [3.05, 3.63) is 70.8 Å². The molecular formula is C30H44N2O2. The average Bonchev–Trinajstić information content (AvgIpc) is 3.21. The number of rotatable bonds is 7. The Kier molecular flexibility index (Phi) is 8.46. The highest BCUT2D eigenvalue weighted by atomic mass is 16.6. The zero-order valence-electron chi connectivity index (χ0n) is 22.2. The molecule has 186 valence electrons. The van der Waals surface area contributed by atoms with Crippen LogP contribution in [-0.4, -0.2) is 31.3 Å². The molecule has 0 aliphatic carbocycles. The number of carbonyl (C=O) groups excluding carboxylic acids is 1. The molecule has 4 heteroatoms. The van der Waals surface area contributed by atoms with E-state index < -0.39 is 0 Å². The summed E-state index contributed by atoms with van der Waals surface area (Å²) in [6.45, 7) is 16.9. The molecule has 3 rings (SSSR count). The molecule has 1 saturated heterocycles. The van der Waals surface area contributed by atoms with Crippen LogP contribution in [-0.2, 0) is 15.6 Å². The molecule has 0 unspecified atom stereocenters. The first-order valence-corrected chi connectivity index (χ1v) is 12.9. The zero-order valence-corrected chi connectivity index (χ0v) is 22.2. The number of unbranched alkanes of at least 4 members (excludes halogenated alkanes) is 1. The fourth-order valence-corrected chi connectivity index (χ4v) is 4.67. The molecule has 1 fully saturated rings. The van der Waals surface area contributed by atoms with Gasteiger partial charge in [-0.1, -0.05) is 103 Å². The minimum Gasteiger partial charge on any atom is -0.445 e. The molecule has 2 aromatic rings. The fraction of sp³-hybridized carbons (Fsp3) is 0.567. The zero-order chi connectivity index (χ0) is 24.9. The van der Waals surface area contributed by atoms with E-state index in [1.165, 1.54) is 22.3 Å². The molecule has 1 aliphatic heterocycles. The van der Waals surface area contributed by atoms with E-state index in [0.29, 0.717) is 13.1 Å². The van der Waals surface area contributed by atoms with E-state index in [4.69, 9.17) is 4.74 Å². The van der Waals surface area contributed by atoms with Crippen LogP contribution in [0, 0.1) is 0 Å². The topological polar surface area (TPSA) is 50.4 Å². The second-order valence-corrected chi connectivity index (χ2v) is 11.8. The van der Waals surface area contributed by atoms with Gasteiger partial charge in [0.2, 0.25) is 0 Å². The van der Waals surface area contributed by atoms with Gasteiger partial charge in [-0.15, -0.1) is 0 Å². The highest BCUT2D eigenvalue weighted by Gasteiger charge is 2.34. The van der Waals surface area contributed by atoms with Crippen LogP contribution in [0.2, 0.25) is 0 Å². The Morgan fingerprint density at radius 1 is 0.941 bits per heavy atom. The molecule has 0 bridgehead atoms. The second kappa shape index (κ2) is 10.9. The average molecular weight is 465 g/mol.